The summed E-state index contributed by atoms with van der Waals surface area (Å²) in [7, 11) is 0. The summed E-state index contributed by atoms with van der Waals surface area (Å²) in [6.07, 6.45) is 1.41. The maximum Gasteiger partial charge on any atom is 0.307 e. The monoisotopic (exact) mass is 536 g/mol. The smallest absolute Gasteiger partial charge is 0.307 e. The van der Waals surface area contributed by atoms with E-state index in [2.05, 4.69) is 65.0 Å². The minimum absolute atomic E-state index is 0.198. The van der Waals surface area contributed by atoms with Crippen molar-refractivity contribution < 1.29 is 13.6 Å². The molecule has 0 saturated carbocycles. The van der Waals surface area contributed by atoms with E-state index in [1.807, 2.05) is 12.1 Å². The highest BCUT2D eigenvalue weighted by Gasteiger charge is 2.14. The van der Waals surface area contributed by atoms with E-state index in [-0.39, 0.29) is 5.76 Å². The molecule has 3 aromatic rings. The highest BCUT2D eigenvalue weighted by atomic mass is 127. The Bertz CT molecular complexity index is 885. The van der Waals surface area contributed by atoms with Crippen molar-refractivity contribution in [2.75, 3.05) is 0 Å². The molecule has 2 heterocycles. The number of carbonyl (C=O) groups excluding carboxylic acids is 1. The molecule has 1 amide bonds. The fourth-order valence-electron chi connectivity index (χ4n) is 1.79. The molecule has 1 N–H and O–H groups in total. The maximum atomic E-state index is 12.0. The van der Waals surface area contributed by atoms with Crippen molar-refractivity contribution in [3.63, 3.8) is 0 Å². The van der Waals surface area contributed by atoms with Gasteiger partial charge in [0, 0.05) is 9.86 Å². The van der Waals surface area contributed by atoms with Crippen LogP contribution in [0.15, 0.2) is 53.4 Å². The summed E-state index contributed by atoms with van der Waals surface area (Å²) in [6, 6.07) is 8.95. The zero-order valence-corrected chi connectivity index (χ0v) is 16.1. The van der Waals surface area contributed by atoms with Gasteiger partial charge in [-0.2, -0.15) is 5.10 Å². The molecule has 0 aliphatic rings. The quantitative estimate of drug-likeness (QED) is 0.293. The first kappa shape index (κ1) is 15.8. The van der Waals surface area contributed by atoms with Crippen molar-refractivity contribution in [1.82, 2.24) is 5.43 Å². The first-order valence-corrected chi connectivity index (χ1v) is 8.67. The third-order valence-corrected chi connectivity index (χ3v) is 4.40. The second-order valence-corrected chi connectivity index (χ2v) is 7.12. The van der Waals surface area contributed by atoms with Crippen LogP contribution in [0.25, 0.3) is 11.0 Å². The molecule has 0 bridgehead atoms. The lowest BCUT2D eigenvalue weighted by Crippen LogP contribution is -2.16. The standard InChI is InChI=1S/C14H7Br2IN2O3/c15-8-3-7-4-11(22-13(7)10(17)5-8)14(20)19-18-6-9-1-2-12(16)21-9/h1-6H,(H,19,20)/b18-6-. The molecule has 22 heavy (non-hydrogen) atoms. The van der Waals surface area contributed by atoms with Crippen molar-refractivity contribution in [3.05, 3.63) is 54.6 Å². The van der Waals surface area contributed by atoms with E-state index in [1.54, 1.807) is 18.2 Å². The summed E-state index contributed by atoms with van der Waals surface area (Å²) in [6.45, 7) is 0. The molecule has 3 rings (SSSR count). The van der Waals surface area contributed by atoms with Gasteiger partial charge in [0.15, 0.2) is 10.4 Å². The van der Waals surface area contributed by atoms with Gasteiger partial charge in [-0.3, -0.25) is 4.79 Å². The molecule has 0 aliphatic heterocycles. The van der Waals surface area contributed by atoms with E-state index in [0.29, 0.717) is 16.0 Å². The van der Waals surface area contributed by atoms with Crippen LogP contribution in [0, 0.1) is 3.57 Å². The number of nitrogens with one attached hydrogen (secondary N) is 1. The van der Waals surface area contributed by atoms with Crippen LogP contribution in [0.2, 0.25) is 0 Å². The number of fused-ring (bicyclic) bond motifs is 1. The minimum Gasteiger partial charge on any atom is -0.450 e. The fraction of sp³-hybridized carbons (Fsp3) is 0. The number of amides is 1. The lowest BCUT2D eigenvalue weighted by molar-refractivity contribution is 0.0929. The summed E-state index contributed by atoms with van der Waals surface area (Å²) in [5.41, 5.74) is 3.07. The van der Waals surface area contributed by atoms with Gasteiger partial charge in [-0.15, -0.1) is 0 Å². The van der Waals surface area contributed by atoms with Crippen LogP contribution in [0.5, 0.6) is 0 Å². The van der Waals surface area contributed by atoms with Gasteiger partial charge in [-0.05, 0) is 68.9 Å². The van der Waals surface area contributed by atoms with E-state index in [9.17, 15) is 4.79 Å². The zero-order valence-electron chi connectivity index (χ0n) is 10.8. The molecule has 0 aliphatic carbocycles. The third-order valence-electron chi connectivity index (χ3n) is 2.71. The van der Waals surface area contributed by atoms with E-state index >= 15 is 0 Å². The second kappa shape index (κ2) is 6.55. The predicted octanol–water partition coefficient (Wildman–Crippen LogP) is 4.92. The molecule has 0 atom stereocenters. The minimum atomic E-state index is -0.426. The lowest BCUT2D eigenvalue weighted by atomic mass is 10.2. The Balaban J connectivity index is 1.77. The van der Waals surface area contributed by atoms with Crippen LogP contribution in [-0.4, -0.2) is 12.1 Å². The topological polar surface area (TPSA) is 67.7 Å². The summed E-state index contributed by atoms with van der Waals surface area (Å²) in [4.78, 5) is 12.0. The highest BCUT2D eigenvalue weighted by molar-refractivity contribution is 14.1. The molecule has 0 radical (unpaired) electrons. The number of halogens is 3. The molecule has 0 unspecified atom stereocenters. The Morgan fingerprint density at radius 1 is 1.23 bits per heavy atom. The largest absolute Gasteiger partial charge is 0.450 e. The fourth-order valence-corrected chi connectivity index (χ4v) is 3.77. The molecule has 112 valence electrons. The number of rotatable bonds is 3. The molecule has 1 aromatic carbocycles. The average Bonchev–Trinajstić information content (AvgIpc) is 3.05. The number of hydrogen-bond donors (Lipinski definition) is 1. The molecule has 8 heteroatoms. The highest BCUT2D eigenvalue weighted by Crippen LogP contribution is 2.28. The average molecular weight is 538 g/mol. The number of furan rings is 2. The molecule has 5 nitrogen and oxygen atoms in total. The molecule has 0 fully saturated rings. The van der Waals surface area contributed by atoms with Gasteiger partial charge in [-0.1, -0.05) is 15.9 Å². The Hall–Kier alpha value is -1.13. The van der Waals surface area contributed by atoms with E-state index < -0.39 is 5.91 Å². The van der Waals surface area contributed by atoms with Crippen LogP contribution in [0.4, 0.5) is 0 Å². The molecule has 2 aromatic heterocycles. The van der Waals surface area contributed by atoms with Gasteiger partial charge in [0.2, 0.25) is 0 Å². The normalized spacial score (nSPS) is 11.4. The Morgan fingerprint density at radius 2 is 2.05 bits per heavy atom. The number of nitrogens with zero attached hydrogens (tertiary/aromatic N) is 1. The van der Waals surface area contributed by atoms with Gasteiger partial charge in [-0.25, -0.2) is 5.43 Å². The summed E-state index contributed by atoms with van der Waals surface area (Å²) >= 11 is 8.76. The number of hydrogen-bond acceptors (Lipinski definition) is 4. The summed E-state index contributed by atoms with van der Waals surface area (Å²) in [5, 5.41) is 4.68. The second-order valence-electron chi connectivity index (χ2n) is 4.26. The molecular weight excluding hydrogens is 531 g/mol. The Kier molecular flexibility index (Phi) is 4.69. The third kappa shape index (κ3) is 3.44. The van der Waals surface area contributed by atoms with Gasteiger partial charge < -0.3 is 8.83 Å². The Morgan fingerprint density at radius 3 is 2.77 bits per heavy atom. The molecule has 0 saturated heterocycles. The first-order chi connectivity index (χ1) is 10.5. The van der Waals surface area contributed by atoms with Crippen LogP contribution >= 0.6 is 54.5 Å². The van der Waals surface area contributed by atoms with Gasteiger partial charge in [0.05, 0.1) is 9.78 Å². The SMILES string of the molecule is O=C(N/N=C\c1ccc(Br)o1)c1cc2cc(Br)cc(I)c2o1. The van der Waals surface area contributed by atoms with Crippen molar-refractivity contribution in [1.29, 1.82) is 0 Å². The number of carbonyl (C=O) groups is 1. The van der Waals surface area contributed by atoms with E-state index in [1.165, 1.54) is 6.21 Å². The van der Waals surface area contributed by atoms with Crippen LogP contribution in [-0.2, 0) is 0 Å². The van der Waals surface area contributed by atoms with Crippen LogP contribution in [0.3, 0.4) is 0 Å². The van der Waals surface area contributed by atoms with Crippen molar-refractivity contribution in [2.24, 2.45) is 5.10 Å². The van der Waals surface area contributed by atoms with Gasteiger partial charge >= 0.3 is 5.91 Å². The van der Waals surface area contributed by atoms with Crippen molar-refractivity contribution in [2.45, 2.75) is 0 Å². The van der Waals surface area contributed by atoms with E-state index in [4.69, 9.17) is 8.83 Å². The van der Waals surface area contributed by atoms with Crippen molar-refractivity contribution >= 4 is 77.5 Å². The van der Waals surface area contributed by atoms with E-state index in [0.717, 1.165) is 13.4 Å². The maximum absolute atomic E-state index is 12.0. The van der Waals surface area contributed by atoms with Crippen molar-refractivity contribution in [3.8, 4) is 0 Å². The Labute approximate surface area is 155 Å². The van der Waals surface area contributed by atoms with Crippen LogP contribution in [0.1, 0.15) is 16.3 Å². The molecular formula is C14H7Br2IN2O3. The lowest BCUT2D eigenvalue weighted by Gasteiger charge is -1.95. The van der Waals surface area contributed by atoms with Crippen LogP contribution < -0.4 is 5.43 Å². The first-order valence-electron chi connectivity index (χ1n) is 6.00. The molecule has 0 spiro atoms. The number of benzene rings is 1. The predicted molar refractivity (Wildman–Crippen MR) is 98.1 cm³/mol. The van der Waals surface area contributed by atoms with Gasteiger partial charge in [0.1, 0.15) is 11.3 Å². The zero-order chi connectivity index (χ0) is 15.7. The summed E-state index contributed by atoms with van der Waals surface area (Å²) < 4.78 is 13.3. The van der Waals surface area contributed by atoms with Gasteiger partial charge in [0.25, 0.3) is 0 Å². The summed E-state index contributed by atoms with van der Waals surface area (Å²) in [5.74, 6) is 0.295. The number of hydrazone groups is 1.